The molecule has 0 radical (unpaired) electrons. The van der Waals surface area contributed by atoms with Crippen LogP contribution in [0.25, 0.3) is 0 Å². The lowest BCUT2D eigenvalue weighted by Crippen LogP contribution is -2.50. The van der Waals surface area contributed by atoms with E-state index in [1.807, 2.05) is 6.92 Å². The highest BCUT2D eigenvalue weighted by Crippen LogP contribution is 2.27. The largest absolute Gasteiger partial charge is 0.472 e. The van der Waals surface area contributed by atoms with E-state index >= 15 is 0 Å². The summed E-state index contributed by atoms with van der Waals surface area (Å²) in [6.07, 6.45) is 1.05. The minimum Gasteiger partial charge on any atom is -0.472 e. The van der Waals surface area contributed by atoms with Gasteiger partial charge >= 0.3 is 6.03 Å². The minimum atomic E-state index is -0.483. The first-order chi connectivity index (χ1) is 17.2. The van der Waals surface area contributed by atoms with Gasteiger partial charge in [0.15, 0.2) is 5.76 Å². The number of aliphatic hydroxyl groups is 1. The molecular weight excluding hydrogens is 466 g/mol. The van der Waals surface area contributed by atoms with Crippen molar-refractivity contribution in [2.75, 3.05) is 45.8 Å². The van der Waals surface area contributed by atoms with Crippen LogP contribution in [0.4, 0.5) is 10.5 Å². The second kappa shape index (κ2) is 11.9. The van der Waals surface area contributed by atoms with E-state index in [2.05, 4.69) is 27.3 Å². The highest BCUT2D eigenvalue weighted by atomic mass is 16.5. The molecule has 0 saturated heterocycles. The lowest BCUT2D eigenvalue weighted by molar-refractivity contribution is 0.0356. The lowest BCUT2D eigenvalue weighted by Gasteiger charge is -2.37. The molecule has 0 fully saturated rings. The number of hydrogen-bond acceptors (Lipinski definition) is 8. The lowest BCUT2D eigenvalue weighted by atomic mass is 10.00. The number of anilines is 1. The third-order valence-electron chi connectivity index (χ3n) is 6.04. The van der Waals surface area contributed by atoms with Crippen LogP contribution in [0.2, 0.25) is 0 Å². The summed E-state index contributed by atoms with van der Waals surface area (Å²) >= 11 is 0. The van der Waals surface area contributed by atoms with Crippen molar-refractivity contribution in [1.82, 2.24) is 19.9 Å². The maximum Gasteiger partial charge on any atom is 0.321 e. The minimum absolute atomic E-state index is 0.156. The van der Waals surface area contributed by atoms with Gasteiger partial charge in [0.2, 0.25) is 5.88 Å². The molecule has 0 aromatic carbocycles. The van der Waals surface area contributed by atoms with E-state index in [9.17, 15) is 14.7 Å². The first-order valence-corrected chi connectivity index (χ1v) is 11.7. The van der Waals surface area contributed by atoms with Gasteiger partial charge < -0.3 is 34.2 Å². The Morgan fingerprint density at radius 1 is 1.44 bits per heavy atom. The topological polar surface area (TPSA) is 130 Å². The number of ether oxygens (including phenoxy) is 2. The number of nitrogens with one attached hydrogen (secondary N) is 1. The molecule has 3 heterocycles. The van der Waals surface area contributed by atoms with E-state index in [0.717, 1.165) is 0 Å². The van der Waals surface area contributed by atoms with Crippen LogP contribution < -0.4 is 10.1 Å². The summed E-state index contributed by atoms with van der Waals surface area (Å²) in [5.41, 5.74) is 1.90. The van der Waals surface area contributed by atoms with Gasteiger partial charge in [0.1, 0.15) is 29.7 Å². The molecule has 3 atom stereocenters. The molecule has 11 heteroatoms. The van der Waals surface area contributed by atoms with Crippen molar-refractivity contribution < 1.29 is 28.7 Å². The van der Waals surface area contributed by atoms with Gasteiger partial charge in [-0.05, 0) is 26.8 Å². The monoisotopic (exact) mass is 499 g/mol. The van der Waals surface area contributed by atoms with Gasteiger partial charge in [0.25, 0.3) is 5.91 Å². The molecule has 0 spiro atoms. The van der Waals surface area contributed by atoms with Crippen molar-refractivity contribution in [1.29, 1.82) is 0 Å². The van der Waals surface area contributed by atoms with E-state index in [1.54, 1.807) is 45.9 Å². The predicted octanol–water partition coefficient (Wildman–Crippen LogP) is 2.07. The molecule has 2 aromatic heterocycles. The molecular formula is C25H33N5O6. The third kappa shape index (κ3) is 6.13. The van der Waals surface area contributed by atoms with Crippen LogP contribution in [-0.2, 0) is 4.74 Å². The van der Waals surface area contributed by atoms with E-state index in [-0.39, 0.29) is 49.1 Å². The number of carbonyl (C=O) groups excluding carboxylic acids is 2. The van der Waals surface area contributed by atoms with E-state index in [1.165, 1.54) is 11.1 Å². The molecule has 0 bridgehead atoms. The Morgan fingerprint density at radius 2 is 2.19 bits per heavy atom. The number of likely N-dealkylation sites (N-methyl/N-ethyl adjacent to an activating group) is 1. The van der Waals surface area contributed by atoms with Crippen molar-refractivity contribution >= 4 is 17.6 Å². The van der Waals surface area contributed by atoms with Crippen LogP contribution in [0.3, 0.4) is 0 Å². The number of carbonyl (C=O) groups is 2. The Hall–Kier alpha value is -3.62. The van der Waals surface area contributed by atoms with Crippen molar-refractivity contribution in [2.45, 2.75) is 39.8 Å². The Balaban J connectivity index is 1.88. The first kappa shape index (κ1) is 27.0. The van der Waals surface area contributed by atoms with Crippen LogP contribution in [0.5, 0.6) is 5.88 Å². The van der Waals surface area contributed by atoms with Gasteiger partial charge in [0.05, 0.1) is 19.2 Å². The van der Waals surface area contributed by atoms with Gasteiger partial charge in [-0.1, -0.05) is 23.9 Å². The Labute approximate surface area is 210 Å². The maximum absolute atomic E-state index is 13.4. The van der Waals surface area contributed by atoms with Gasteiger partial charge in [-0.15, -0.1) is 0 Å². The number of aliphatic hydroxyl groups excluding tert-OH is 1. The number of aromatic nitrogens is 2. The third-order valence-corrected chi connectivity index (χ3v) is 6.04. The van der Waals surface area contributed by atoms with Crippen LogP contribution in [0.1, 0.15) is 41.2 Å². The molecule has 194 valence electrons. The average Bonchev–Trinajstić information content (AvgIpc) is 3.18. The molecule has 0 aliphatic carbocycles. The summed E-state index contributed by atoms with van der Waals surface area (Å²) in [5.74, 6) is 5.96. The highest BCUT2D eigenvalue weighted by molar-refractivity contribution is 5.97. The Kier molecular flexibility index (Phi) is 8.90. The zero-order valence-corrected chi connectivity index (χ0v) is 21.5. The highest BCUT2D eigenvalue weighted by Gasteiger charge is 2.34. The second-order valence-corrected chi connectivity index (χ2v) is 8.94. The number of pyridine rings is 1. The zero-order valence-electron chi connectivity index (χ0n) is 21.5. The predicted molar refractivity (Wildman–Crippen MR) is 132 cm³/mol. The van der Waals surface area contributed by atoms with Crippen molar-refractivity contribution in [3.05, 3.63) is 34.8 Å². The average molecular weight is 500 g/mol. The summed E-state index contributed by atoms with van der Waals surface area (Å²) in [6.45, 7) is 7.78. The Morgan fingerprint density at radius 3 is 2.83 bits per heavy atom. The number of fused-ring (bicyclic) bond motifs is 1. The fourth-order valence-corrected chi connectivity index (χ4v) is 3.82. The van der Waals surface area contributed by atoms with Crippen LogP contribution in [-0.4, -0.2) is 89.6 Å². The molecule has 0 saturated carbocycles. The van der Waals surface area contributed by atoms with E-state index in [0.29, 0.717) is 29.2 Å². The molecule has 1 aliphatic rings. The first-order valence-electron chi connectivity index (χ1n) is 11.7. The van der Waals surface area contributed by atoms with Gasteiger partial charge in [-0.25, -0.2) is 9.78 Å². The molecule has 1 aliphatic heterocycles. The fraction of sp³-hybridized carbons (Fsp3) is 0.520. The standard InChI is InChI=1S/C25H33N5O6/c1-15-12-30(16(2)14-31)24(32)20-10-19(8-7-9-34-6)11-26-23(20)35-21(15)13-29(5)25(33)27-22-17(3)28-36-18(22)4/h10-11,15-16,21,31H,9,12-14H2,1-6H3,(H,27,33)/t15-,16+,21-/m1/s1. The summed E-state index contributed by atoms with van der Waals surface area (Å²) in [5, 5.41) is 16.5. The number of rotatable bonds is 6. The Bertz CT molecular complexity index is 1130. The zero-order chi connectivity index (χ0) is 26.4. The maximum atomic E-state index is 13.4. The molecule has 11 nitrogen and oxygen atoms in total. The van der Waals surface area contributed by atoms with E-state index < -0.39 is 12.1 Å². The molecule has 36 heavy (non-hydrogen) atoms. The molecule has 3 amide bonds. The summed E-state index contributed by atoms with van der Waals surface area (Å²) in [4.78, 5) is 33.8. The number of methoxy groups -OCH3 is 1. The molecule has 2 N–H and O–H groups in total. The van der Waals surface area contributed by atoms with Gasteiger partial charge in [-0.2, -0.15) is 0 Å². The molecule has 3 rings (SSSR count). The normalized spacial score (nSPS) is 18.2. The smallest absolute Gasteiger partial charge is 0.321 e. The van der Waals surface area contributed by atoms with Crippen molar-refractivity contribution in [3.8, 4) is 17.7 Å². The summed E-state index contributed by atoms with van der Waals surface area (Å²) in [7, 11) is 3.20. The van der Waals surface area contributed by atoms with Crippen molar-refractivity contribution in [3.63, 3.8) is 0 Å². The fourth-order valence-electron chi connectivity index (χ4n) is 3.82. The molecule has 2 aromatic rings. The number of amides is 3. The summed E-state index contributed by atoms with van der Waals surface area (Å²) < 4.78 is 16.3. The second-order valence-electron chi connectivity index (χ2n) is 8.94. The van der Waals surface area contributed by atoms with Crippen LogP contribution in [0, 0.1) is 31.6 Å². The summed E-state index contributed by atoms with van der Waals surface area (Å²) in [6, 6.07) is 0.858. The van der Waals surface area contributed by atoms with E-state index in [4.69, 9.17) is 14.0 Å². The van der Waals surface area contributed by atoms with Crippen molar-refractivity contribution in [2.24, 2.45) is 5.92 Å². The van der Waals surface area contributed by atoms with Gasteiger partial charge in [-0.3, -0.25) is 4.79 Å². The SMILES string of the molecule is COCC#Cc1cnc2c(c1)C(=O)N([C@@H](C)CO)C[C@@H](C)[C@@H](CN(C)C(=O)Nc1c(C)noc1C)O2. The number of aryl methyl sites for hydroxylation is 2. The number of urea groups is 1. The van der Waals surface area contributed by atoms with Crippen LogP contribution >= 0.6 is 0 Å². The quantitative estimate of drug-likeness (QED) is 0.578. The molecule has 0 unspecified atom stereocenters. The van der Waals surface area contributed by atoms with Crippen LogP contribution in [0.15, 0.2) is 16.8 Å². The van der Waals surface area contributed by atoms with Gasteiger partial charge in [0, 0.05) is 38.4 Å². The number of hydrogen-bond donors (Lipinski definition) is 2. The number of nitrogens with zero attached hydrogens (tertiary/aromatic N) is 4.